The second kappa shape index (κ2) is 5.29. The predicted octanol–water partition coefficient (Wildman–Crippen LogP) is 4.73. The van der Waals surface area contributed by atoms with Crippen LogP contribution in [0.2, 0.25) is 10.0 Å². The van der Waals surface area contributed by atoms with E-state index in [1.165, 1.54) is 0 Å². The maximum absolute atomic E-state index is 6.15. The van der Waals surface area contributed by atoms with Gasteiger partial charge in [-0.3, -0.25) is 4.98 Å². The van der Waals surface area contributed by atoms with Crippen molar-refractivity contribution >= 4 is 23.2 Å². The molecule has 2 aromatic heterocycles. The molecule has 0 aromatic carbocycles. The molecule has 0 N–H and O–H groups in total. The minimum atomic E-state index is 0.278. The fourth-order valence-electron chi connectivity index (χ4n) is 1.95. The van der Waals surface area contributed by atoms with Gasteiger partial charge in [0.15, 0.2) is 0 Å². The molecule has 0 bridgehead atoms. The van der Waals surface area contributed by atoms with Crippen LogP contribution in [0.25, 0.3) is 11.3 Å². The van der Waals surface area contributed by atoms with E-state index >= 15 is 0 Å². The Hall–Kier alpha value is -1.06. The van der Waals surface area contributed by atoms with Crippen LogP contribution >= 0.6 is 23.2 Å². The molecule has 0 aliphatic heterocycles. The Kier molecular flexibility index (Phi) is 3.93. The summed E-state index contributed by atoms with van der Waals surface area (Å²) >= 11 is 12.3. The first kappa shape index (κ1) is 13.4. The van der Waals surface area contributed by atoms with Crippen LogP contribution in [0.15, 0.2) is 16.9 Å². The molecule has 0 unspecified atom stereocenters. The summed E-state index contributed by atoms with van der Waals surface area (Å²) in [6.45, 7) is 6.20. The number of hydrogen-bond donors (Lipinski definition) is 0. The SMILES string of the molecule is CCc1c(-c2c(Cl)cncc2Cl)noc1C(C)C. The largest absolute Gasteiger partial charge is 0.360 e. The molecule has 0 spiro atoms. The molecule has 0 saturated carbocycles. The zero-order valence-corrected chi connectivity index (χ0v) is 12.0. The molecule has 0 aliphatic rings. The fourth-order valence-corrected chi connectivity index (χ4v) is 2.49. The number of rotatable bonds is 3. The summed E-state index contributed by atoms with van der Waals surface area (Å²) in [5.41, 5.74) is 2.47. The third-order valence-electron chi connectivity index (χ3n) is 2.79. The first-order chi connectivity index (χ1) is 8.56. The second-order valence-corrected chi connectivity index (χ2v) is 5.17. The molecule has 2 heterocycles. The summed E-state index contributed by atoms with van der Waals surface area (Å²) in [5, 5.41) is 5.10. The Balaban J connectivity index is 2.65. The highest BCUT2D eigenvalue weighted by atomic mass is 35.5. The third kappa shape index (κ3) is 2.25. The number of pyridine rings is 1. The average Bonchev–Trinajstić information content (AvgIpc) is 2.72. The highest BCUT2D eigenvalue weighted by Gasteiger charge is 2.21. The van der Waals surface area contributed by atoms with Crippen molar-refractivity contribution in [3.63, 3.8) is 0 Å². The smallest absolute Gasteiger partial charge is 0.143 e. The van der Waals surface area contributed by atoms with Gasteiger partial charge in [-0.15, -0.1) is 0 Å². The average molecular weight is 285 g/mol. The van der Waals surface area contributed by atoms with Crippen LogP contribution in [-0.2, 0) is 6.42 Å². The Morgan fingerprint density at radius 2 is 1.83 bits per heavy atom. The van der Waals surface area contributed by atoms with Gasteiger partial charge in [0, 0.05) is 29.4 Å². The third-order valence-corrected chi connectivity index (χ3v) is 3.36. The van der Waals surface area contributed by atoms with Gasteiger partial charge < -0.3 is 4.52 Å². The van der Waals surface area contributed by atoms with Crippen LogP contribution in [-0.4, -0.2) is 10.1 Å². The molecule has 0 fully saturated rings. The van der Waals surface area contributed by atoms with Gasteiger partial charge in [0.25, 0.3) is 0 Å². The Morgan fingerprint density at radius 1 is 1.22 bits per heavy atom. The van der Waals surface area contributed by atoms with Gasteiger partial charge in [-0.2, -0.15) is 0 Å². The Morgan fingerprint density at radius 3 is 2.33 bits per heavy atom. The zero-order chi connectivity index (χ0) is 13.3. The molecule has 0 saturated heterocycles. The second-order valence-electron chi connectivity index (χ2n) is 4.36. The predicted molar refractivity (Wildman–Crippen MR) is 73.2 cm³/mol. The van der Waals surface area contributed by atoms with Crippen molar-refractivity contribution in [2.75, 3.05) is 0 Å². The number of hydrogen-bond acceptors (Lipinski definition) is 3. The van der Waals surface area contributed by atoms with Crippen LogP contribution in [0, 0.1) is 0 Å². The van der Waals surface area contributed by atoms with Gasteiger partial charge in [-0.05, 0) is 6.42 Å². The maximum Gasteiger partial charge on any atom is 0.143 e. The molecule has 2 aromatic rings. The molecule has 5 heteroatoms. The molecule has 18 heavy (non-hydrogen) atoms. The van der Waals surface area contributed by atoms with E-state index in [0.29, 0.717) is 15.6 Å². The van der Waals surface area contributed by atoms with Crippen LogP contribution in [0.1, 0.15) is 38.0 Å². The van der Waals surface area contributed by atoms with E-state index in [-0.39, 0.29) is 5.92 Å². The minimum absolute atomic E-state index is 0.278. The maximum atomic E-state index is 6.15. The molecule has 0 aliphatic carbocycles. The van der Waals surface area contributed by atoms with E-state index in [1.807, 2.05) is 0 Å². The highest BCUT2D eigenvalue weighted by molar-refractivity contribution is 6.38. The van der Waals surface area contributed by atoms with Gasteiger partial charge in [0.05, 0.1) is 10.0 Å². The molecule has 96 valence electrons. The van der Waals surface area contributed by atoms with E-state index in [9.17, 15) is 0 Å². The normalized spacial score (nSPS) is 11.2. The lowest BCUT2D eigenvalue weighted by Gasteiger charge is -2.06. The molecular formula is C13H14Cl2N2O. The van der Waals surface area contributed by atoms with Crippen LogP contribution < -0.4 is 0 Å². The standard InChI is InChI=1S/C13H14Cl2N2O/c1-4-8-12(17-18-13(8)7(2)3)11-9(14)5-16-6-10(11)15/h5-7H,4H2,1-3H3. The van der Waals surface area contributed by atoms with E-state index in [0.717, 1.165) is 23.4 Å². The van der Waals surface area contributed by atoms with Crippen molar-refractivity contribution in [2.24, 2.45) is 0 Å². The first-order valence-corrected chi connectivity index (χ1v) is 6.59. The van der Waals surface area contributed by atoms with Gasteiger partial charge in [0.2, 0.25) is 0 Å². The van der Waals surface area contributed by atoms with Crippen molar-refractivity contribution < 1.29 is 4.52 Å². The Bertz CT molecular complexity index is 544. The van der Waals surface area contributed by atoms with E-state index in [2.05, 4.69) is 30.9 Å². The monoisotopic (exact) mass is 284 g/mol. The molecular weight excluding hydrogens is 271 g/mol. The molecule has 0 atom stereocenters. The van der Waals surface area contributed by atoms with Crippen LogP contribution in [0.5, 0.6) is 0 Å². The van der Waals surface area contributed by atoms with Crippen molar-refractivity contribution in [1.82, 2.24) is 10.1 Å². The summed E-state index contributed by atoms with van der Waals surface area (Å²) in [5.74, 6) is 1.16. The quantitative estimate of drug-likeness (QED) is 0.818. The van der Waals surface area contributed by atoms with Crippen LogP contribution in [0.3, 0.4) is 0 Å². The van der Waals surface area contributed by atoms with Gasteiger partial charge in [-0.25, -0.2) is 0 Å². The van der Waals surface area contributed by atoms with Crippen molar-refractivity contribution in [1.29, 1.82) is 0 Å². The van der Waals surface area contributed by atoms with E-state index in [4.69, 9.17) is 27.7 Å². The lowest BCUT2D eigenvalue weighted by Crippen LogP contribution is -1.93. The summed E-state index contributed by atoms with van der Waals surface area (Å²) in [6.07, 6.45) is 3.94. The summed E-state index contributed by atoms with van der Waals surface area (Å²) in [6, 6.07) is 0. The van der Waals surface area contributed by atoms with Gasteiger partial charge >= 0.3 is 0 Å². The first-order valence-electron chi connectivity index (χ1n) is 5.84. The molecule has 0 amide bonds. The van der Waals surface area contributed by atoms with Crippen molar-refractivity contribution in [3.8, 4) is 11.3 Å². The lowest BCUT2D eigenvalue weighted by molar-refractivity contribution is 0.371. The molecule has 2 rings (SSSR count). The van der Waals surface area contributed by atoms with Crippen molar-refractivity contribution in [2.45, 2.75) is 33.1 Å². The summed E-state index contributed by atoms with van der Waals surface area (Å²) in [7, 11) is 0. The van der Waals surface area contributed by atoms with Gasteiger partial charge in [0.1, 0.15) is 11.5 Å². The van der Waals surface area contributed by atoms with E-state index in [1.54, 1.807) is 12.4 Å². The summed E-state index contributed by atoms with van der Waals surface area (Å²) in [4.78, 5) is 3.95. The minimum Gasteiger partial charge on any atom is -0.360 e. The van der Waals surface area contributed by atoms with Crippen molar-refractivity contribution in [3.05, 3.63) is 33.8 Å². The number of halogens is 2. The number of aromatic nitrogens is 2. The Labute approximate surface area is 116 Å². The van der Waals surface area contributed by atoms with Crippen LogP contribution in [0.4, 0.5) is 0 Å². The summed E-state index contributed by atoms with van der Waals surface area (Å²) < 4.78 is 5.42. The zero-order valence-electron chi connectivity index (χ0n) is 10.5. The molecule has 3 nitrogen and oxygen atoms in total. The van der Waals surface area contributed by atoms with E-state index < -0.39 is 0 Å². The topological polar surface area (TPSA) is 38.9 Å². The lowest BCUT2D eigenvalue weighted by atomic mass is 10.00. The molecule has 0 radical (unpaired) electrons. The highest BCUT2D eigenvalue weighted by Crippen LogP contribution is 2.37. The fraction of sp³-hybridized carbons (Fsp3) is 0.385. The number of nitrogens with zero attached hydrogens (tertiary/aromatic N) is 2. The van der Waals surface area contributed by atoms with Gasteiger partial charge in [-0.1, -0.05) is 49.1 Å².